The Kier molecular flexibility index (Phi) is 15.5. The van der Waals surface area contributed by atoms with E-state index in [9.17, 15) is 9.59 Å². The first-order valence-electron chi connectivity index (χ1n) is 14.4. The molecule has 0 saturated heterocycles. The smallest absolute Gasteiger partial charge is 0.225 e. The third-order valence-electron chi connectivity index (χ3n) is 7.36. The van der Waals surface area contributed by atoms with Crippen LogP contribution in [-0.4, -0.2) is 55.9 Å². The highest BCUT2D eigenvalue weighted by atomic mass is 16.5. The molecule has 2 amide bonds. The van der Waals surface area contributed by atoms with Crippen molar-refractivity contribution in [2.24, 2.45) is 28.4 Å². The fourth-order valence-corrected chi connectivity index (χ4v) is 4.14. The summed E-state index contributed by atoms with van der Waals surface area (Å²) in [5.41, 5.74) is 3.95. The molecule has 0 aromatic rings. The van der Waals surface area contributed by atoms with Crippen molar-refractivity contribution in [3.8, 4) is 0 Å². The van der Waals surface area contributed by atoms with Gasteiger partial charge in [-0.1, -0.05) is 54.9 Å². The topological polar surface area (TPSA) is 103 Å². The molecule has 1 unspecified atom stereocenters. The van der Waals surface area contributed by atoms with Crippen molar-refractivity contribution >= 4 is 11.8 Å². The molecule has 0 aliphatic carbocycles. The molecule has 0 spiro atoms. The molecule has 0 aliphatic heterocycles. The Labute approximate surface area is 228 Å². The van der Waals surface area contributed by atoms with E-state index in [1.54, 1.807) is 0 Å². The SMILES string of the molecule is CCC(CNC(=O)C(C)(C)CCOC(C)(C)CCNC(=O)C(C)(C)CCOC(C)(C)CCN)CC(C)C. The van der Waals surface area contributed by atoms with Gasteiger partial charge in [-0.25, -0.2) is 0 Å². The van der Waals surface area contributed by atoms with E-state index >= 15 is 0 Å². The van der Waals surface area contributed by atoms with Crippen LogP contribution >= 0.6 is 0 Å². The largest absolute Gasteiger partial charge is 0.375 e. The molecule has 0 fully saturated rings. The summed E-state index contributed by atoms with van der Waals surface area (Å²) in [6.07, 6.45) is 4.96. The number of hydrogen-bond donors (Lipinski definition) is 3. The minimum atomic E-state index is -0.521. The molecule has 0 saturated carbocycles. The van der Waals surface area contributed by atoms with Crippen LogP contribution in [0.1, 0.15) is 115 Å². The molecular formula is C30H61N3O4. The Morgan fingerprint density at radius 1 is 0.757 bits per heavy atom. The molecule has 0 aliphatic rings. The van der Waals surface area contributed by atoms with Crippen LogP contribution in [0, 0.1) is 22.7 Å². The average Bonchev–Trinajstić information content (AvgIpc) is 2.75. The quantitative estimate of drug-likeness (QED) is 0.195. The van der Waals surface area contributed by atoms with E-state index in [4.69, 9.17) is 15.2 Å². The van der Waals surface area contributed by atoms with E-state index in [1.165, 1.54) is 0 Å². The Morgan fingerprint density at radius 3 is 1.65 bits per heavy atom. The molecule has 0 rings (SSSR count). The fraction of sp³-hybridized carbons (Fsp3) is 0.933. The van der Waals surface area contributed by atoms with E-state index in [2.05, 4.69) is 31.4 Å². The van der Waals surface area contributed by atoms with Crippen molar-refractivity contribution in [3.05, 3.63) is 0 Å². The first-order valence-corrected chi connectivity index (χ1v) is 14.4. The Hall–Kier alpha value is -1.18. The van der Waals surface area contributed by atoms with Crippen molar-refractivity contribution in [2.45, 2.75) is 126 Å². The summed E-state index contributed by atoms with van der Waals surface area (Å²) in [5.74, 6) is 1.25. The first kappa shape index (κ1) is 35.8. The fourth-order valence-electron chi connectivity index (χ4n) is 4.14. The van der Waals surface area contributed by atoms with Crippen LogP contribution in [0.5, 0.6) is 0 Å². The molecule has 0 aromatic carbocycles. The van der Waals surface area contributed by atoms with E-state index in [0.29, 0.717) is 57.4 Å². The highest BCUT2D eigenvalue weighted by Gasteiger charge is 2.31. The van der Waals surface area contributed by atoms with Crippen LogP contribution in [0.25, 0.3) is 0 Å². The number of carbonyl (C=O) groups excluding carboxylic acids is 2. The summed E-state index contributed by atoms with van der Waals surface area (Å²) in [7, 11) is 0. The van der Waals surface area contributed by atoms with Gasteiger partial charge in [-0.15, -0.1) is 0 Å². The Bertz CT molecular complexity index is 672. The number of amides is 2. The maximum atomic E-state index is 12.8. The van der Waals surface area contributed by atoms with Crippen LogP contribution < -0.4 is 16.4 Å². The van der Waals surface area contributed by atoms with E-state index in [-0.39, 0.29) is 17.4 Å². The molecular weight excluding hydrogens is 466 g/mol. The van der Waals surface area contributed by atoms with Gasteiger partial charge in [-0.3, -0.25) is 9.59 Å². The van der Waals surface area contributed by atoms with Crippen molar-refractivity contribution in [2.75, 3.05) is 32.8 Å². The Morgan fingerprint density at radius 2 is 1.22 bits per heavy atom. The van der Waals surface area contributed by atoms with Gasteiger partial charge in [-0.05, 0) is 78.2 Å². The second-order valence-electron chi connectivity index (χ2n) is 13.6. The molecule has 37 heavy (non-hydrogen) atoms. The van der Waals surface area contributed by atoms with Gasteiger partial charge in [0.1, 0.15) is 0 Å². The maximum Gasteiger partial charge on any atom is 0.225 e. The van der Waals surface area contributed by atoms with Crippen LogP contribution in [-0.2, 0) is 19.1 Å². The number of ether oxygens (including phenoxy) is 2. The monoisotopic (exact) mass is 527 g/mol. The van der Waals surface area contributed by atoms with E-state index in [1.807, 2.05) is 55.4 Å². The zero-order valence-corrected chi connectivity index (χ0v) is 26.1. The number of nitrogens with one attached hydrogen (secondary N) is 2. The minimum absolute atomic E-state index is 0.0178. The van der Waals surface area contributed by atoms with Gasteiger partial charge in [0, 0.05) is 37.1 Å². The average molecular weight is 528 g/mol. The van der Waals surface area contributed by atoms with Gasteiger partial charge in [0.05, 0.1) is 11.2 Å². The van der Waals surface area contributed by atoms with Crippen LogP contribution in [0.15, 0.2) is 0 Å². The molecule has 1 atom stereocenters. The summed E-state index contributed by atoms with van der Waals surface area (Å²) < 4.78 is 12.1. The third kappa shape index (κ3) is 15.7. The molecule has 0 bridgehead atoms. The van der Waals surface area contributed by atoms with Crippen molar-refractivity contribution < 1.29 is 19.1 Å². The maximum absolute atomic E-state index is 12.8. The van der Waals surface area contributed by atoms with E-state index in [0.717, 1.165) is 25.8 Å². The van der Waals surface area contributed by atoms with Gasteiger partial charge >= 0.3 is 0 Å². The molecule has 7 heteroatoms. The highest BCUT2D eigenvalue weighted by molar-refractivity contribution is 5.82. The van der Waals surface area contributed by atoms with Gasteiger partial charge in [0.25, 0.3) is 0 Å². The number of hydrogen-bond acceptors (Lipinski definition) is 5. The zero-order chi connectivity index (χ0) is 28.9. The molecule has 4 N–H and O–H groups in total. The molecule has 0 heterocycles. The first-order chi connectivity index (χ1) is 16.9. The van der Waals surface area contributed by atoms with Crippen LogP contribution in [0.2, 0.25) is 0 Å². The zero-order valence-electron chi connectivity index (χ0n) is 26.1. The lowest BCUT2D eigenvalue weighted by Crippen LogP contribution is -2.42. The van der Waals surface area contributed by atoms with Crippen molar-refractivity contribution in [3.63, 3.8) is 0 Å². The number of carbonyl (C=O) groups is 2. The van der Waals surface area contributed by atoms with Crippen molar-refractivity contribution in [1.29, 1.82) is 0 Å². The number of nitrogens with two attached hydrogens (primary N) is 1. The lowest BCUT2D eigenvalue weighted by Gasteiger charge is -2.31. The molecule has 7 nitrogen and oxygen atoms in total. The molecule has 0 radical (unpaired) electrons. The van der Waals surface area contributed by atoms with Crippen molar-refractivity contribution in [1.82, 2.24) is 10.6 Å². The van der Waals surface area contributed by atoms with Crippen LogP contribution in [0.4, 0.5) is 0 Å². The predicted molar refractivity (Wildman–Crippen MR) is 154 cm³/mol. The summed E-state index contributed by atoms with van der Waals surface area (Å²) >= 11 is 0. The summed E-state index contributed by atoms with van der Waals surface area (Å²) in [6.45, 7) is 25.4. The minimum Gasteiger partial charge on any atom is -0.375 e. The third-order valence-corrected chi connectivity index (χ3v) is 7.36. The molecule has 220 valence electrons. The summed E-state index contributed by atoms with van der Waals surface area (Å²) in [4.78, 5) is 25.6. The second-order valence-corrected chi connectivity index (χ2v) is 13.6. The second kappa shape index (κ2) is 16.0. The summed E-state index contributed by atoms with van der Waals surface area (Å²) in [6, 6.07) is 0. The number of rotatable bonds is 20. The standard InChI is InChI=1S/C30H61N3O4/c1-12-24(21-23(2)3)22-33-26(35)28(6,7)16-20-37-30(10,11)14-18-32-25(34)27(4,5)15-19-36-29(8,9)13-17-31/h23-24H,12-22,31H2,1-11H3,(H,32,34)(H,33,35). The highest BCUT2D eigenvalue weighted by Crippen LogP contribution is 2.25. The normalized spacial score (nSPS) is 14.1. The predicted octanol–water partition coefficient (Wildman–Crippen LogP) is 5.45. The van der Waals surface area contributed by atoms with Gasteiger partial charge < -0.3 is 25.8 Å². The van der Waals surface area contributed by atoms with Gasteiger partial charge in [-0.2, -0.15) is 0 Å². The van der Waals surface area contributed by atoms with Gasteiger partial charge in [0.2, 0.25) is 11.8 Å². The Balaban J connectivity index is 4.46. The molecule has 0 aromatic heterocycles. The summed E-state index contributed by atoms with van der Waals surface area (Å²) in [5, 5.41) is 6.22. The lowest BCUT2D eigenvalue weighted by molar-refractivity contribution is -0.133. The lowest BCUT2D eigenvalue weighted by atomic mass is 9.87. The van der Waals surface area contributed by atoms with Crippen LogP contribution in [0.3, 0.4) is 0 Å². The van der Waals surface area contributed by atoms with Gasteiger partial charge in [0.15, 0.2) is 0 Å². The van der Waals surface area contributed by atoms with E-state index < -0.39 is 16.4 Å².